The van der Waals surface area contributed by atoms with E-state index in [1.54, 1.807) is 0 Å². The van der Waals surface area contributed by atoms with Crippen LogP contribution in [0.2, 0.25) is 0 Å². The molecule has 0 aromatic heterocycles. The first-order valence-electron chi connectivity index (χ1n) is 6.19. The average Bonchev–Trinajstić information content (AvgIpc) is 2.28. The molecule has 1 aliphatic carbocycles. The molecule has 16 heavy (non-hydrogen) atoms. The molecule has 2 heteroatoms. The zero-order valence-electron chi connectivity index (χ0n) is 9.80. The maximum atomic E-state index is 10.2. The van der Waals surface area contributed by atoms with E-state index in [1.807, 2.05) is 30.3 Å². The Kier molecular flexibility index (Phi) is 3.97. The highest BCUT2D eigenvalue weighted by Gasteiger charge is 2.26. The van der Waals surface area contributed by atoms with Gasteiger partial charge in [-0.25, -0.2) is 0 Å². The third-order valence-electron chi connectivity index (χ3n) is 3.32. The van der Waals surface area contributed by atoms with Crippen LogP contribution in [0.1, 0.15) is 44.3 Å². The van der Waals surface area contributed by atoms with Crippen LogP contribution in [0.3, 0.4) is 0 Å². The highest BCUT2D eigenvalue weighted by Crippen LogP contribution is 2.29. The normalized spacial score (nSPS) is 20.1. The molecule has 2 atom stereocenters. The van der Waals surface area contributed by atoms with Crippen molar-refractivity contribution in [2.75, 3.05) is 0 Å². The van der Waals surface area contributed by atoms with Crippen LogP contribution in [0.4, 0.5) is 0 Å². The summed E-state index contributed by atoms with van der Waals surface area (Å²) in [5.74, 6) is 0. The van der Waals surface area contributed by atoms with Crippen LogP contribution in [0.5, 0.6) is 0 Å². The van der Waals surface area contributed by atoms with Crippen molar-refractivity contribution in [1.82, 2.24) is 0 Å². The summed E-state index contributed by atoms with van der Waals surface area (Å²) < 4.78 is 5.90. The molecule has 1 aliphatic rings. The largest absolute Gasteiger partial charge is 0.386 e. The van der Waals surface area contributed by atoms with Crippen LogP contribution in [-0.4, -0.2) is 17.3 Å². The van der Waals surface area contributed by atoms with E-state index < -0.39 is 6.10 Å². The Balaban J connectivity index is 1.97. The smallest absolute Gasteiger partial charge is 0.105 e. The van der Waals surface area contributed by atoms with Crippen molar-refractivity contribution in [3.8, 4) is 0 Å². The summed E-state index contributed by atoms with van der Waals surface area (Å²) in [7, 11) is 0. The molecular formula is C14H20O2. The van der Waals surface area contributed by atoms with Gasteiger partial charge in [-0.2, -0.15) is 0 Å². The number of aliphatic hydroxyl groups excluding tert-OH is 1. The van der Waals surface area contributed by atoms with Crippen LogP contribution >= 0.6 is 0 Å². The van der Waals surface area contributed by atoms with Gasteiger partial charge < -0.3 is 9.84 Å². The summed E-state index contributed by atoms with van der Waals surface area (Å²) in [4.78, 5) is 0. The lowest BCUT2D eigenvalue weighted by Gasteiger charge is -2.32. The predicted octanol–water partition coefficient (Wildman–Crippen LogP) is 3.07. The topological polar surface area (TPSA) is 29.5 Å². The standard InChI is InChI=1S/C14H20O2/c1-2-13(16-12-9-6-10-12)14(15)11-7-4-3-5-8-11/h3-5,7-8,12-15H,2,6,9-10H2,1H3. The number of aliphatic hydroxyl groups is 1. The van der Waals surface area contributed by atoms with Gasteiger partial charge in [0.05, 0.1) is 12.2 Å². The summed E-state index contributed by atoms with van der Waals surface area (Å²) in [5, 5.41) is 10.2. The zero-order valence-corrected chi connectivity index (χ0v) is 9.80. The van der Waals surface area contributed by atoms with Gasteiger partial charge in [0, 0.05) is 0 Å². The van der Waals surface area contributed by atoms with Crippen LogP contribution in [-0.2, 0) is 4.74 Å². The van der Waals surface area contributed by atoms with Crippen molar-refractivity contribution in [2.45, 2.75) is 50.9 Å². The first-order chi connectivity index (χ1) is 7.81. The molecule has 1 saturated carbocycles. The predicted molar refractivity (Wildman–Crippen MR) is 64.2 cm³/mol. The molecule has 0 radical (unpaired) electrons. The molecule has 0 heterocycles. The van der Waals surface area contributed by atoms with Crippen LogP contribution < -0.4 is 0 Å². The van der Waals surface area contributed by atoms with Crippen LogP contribution in [0.25, 0.3) is 0 Å². The van der Waals surface area contributed by atoms with E-state index in [-0.39, 0.29) is 6.10 Å². The highest BCUT2D eigenvalue weighted by molar-refractivity contribution is 5.18. The zero-order chi connectivity index (χ0) is 11.4. The molecule has 1 N–H and O–H groups in total. The molecule has 0 bridgehead atoms. The Morgan fingerprint density at radius 2 is 2.00 bits per heavy atom. The van der Waals surface area contributed by atoms with E-state index in [0.29, 0.717) is 6.10 Å². The summed E-state index contributed by atoms with van der Waals surface area (Å²) in [6.07, 6.45) is 4.24. The third-order valence-corrected chi connectivity index (χ3v) is 3.32. The lowest BCUT2D eigenvalue weighted by atomic mass is 9.95. The lowest BCUT2D eigenvalue weighted by Crippen LogP contribution is -2.31. The minimum absolute atomic E-state index is 0.0623. The minimum atomic E-state index is -0.494. The molecule has 2 rings (SSSR count). The fourth-order valence-electron chi connectivity index (χ4n) is 2.01. The lowest BCUT2D eigenvalue weighted by molar-refractivity contribution is -0.104. The summed E-state index contributed by atoms with van der Waals surface area (Å²) in [6.45, 7) is 2.06. The molecular weight excluding hydrogens is 200 g/mol. The Labute approximate surface area is 97.3 Å². The van der Waals surface area contributed by atoms with Crippen molar-refractivity contribution < 1.29 is 9.84 Å². The van der Waals surface area contributed by atoms with Gasteiger partial charge >= 0.3 is 0 Å². The second-order valence-electron chi connectivity index (χ2n) is 4.49. The summed E-state index contributed by atoms with van der Waals surface area (Å²) >= 11 is 0. The maximum Gasteiger partial charge on any atom is 0.105 e. The summed E-state index contributed by atoms with van der Waals surface area (Å²) in [5.41, 5.74) is 0.952. The van der Waals surface area contributed by atoms with E-state index in [9.17, 15) is 5.11 Å². The van der Waals surface area contributed by atoms with Gasteiger partial charge in [0.15, 0.2) is 0 Å². The Morgan fingerprint density at radius 1 is 1.31 bits per heavy atom. The van der Waals surface area contributed by atoms with Gasteiger partial charge in [0.2, 0.25) is 0 Å². The maximum absolute atomic E-state index is 10.2. The van der Waals surface area contributed by atoms with Gasteiger partial charge in [-0.3, -0.25) is 0 Å². The van der Waals surface area contributed by atoms with Gasteiger partial charge in [0.25, 0.3) is 0 Å². The molecule has 1 aromatic carbocycles. The fourth-order valence-corrected chi connectivity index (χ4v) is 2.01. The first-order valence-corrected chi connectivity index (χ1v) is 6.19. The summed E-state index contributed by atoms with van der Waals surface area (Å²) in [6, 6.07) is 9.78. The van der Waals surface area contributed by atoms with E-state index in [1.165, 1.54) is 6.42 Å². The Bertz CT molecular complexity index is 306. The molecule has 2 unspecified atom stereocenters. The monoisotopic (exact) mass is 220 g/mol. The quantitative estimate of drug-likeness (QED) is 0.826. The number of rotatable bonds is 5. The molecule has 88 valence electrons. The van der Waals surface area contributed by atoms with Crippen molar-refractivity contribution in [3.63, 3.8) is 0 Å². The average molecular weight is 220 g/mol. The molecule has 1 aromatic rings. The number of hydrogen-bond acceptors (Lipinski definition) is 2. The highest BCUT2D eigenvalue weighted by atomic mass is 16.5. The van der Waals surface area contributed by atoms with Gasteiger partial charge in [-0.05, 0) is 31.2 Å². The second-order valence-corrected chi connectivity index (χ2v) is 4.49. The second kappa shape index (κ2) is 5.46. The number of hydrogen-bond donors (Lipinski definition) is 1. The van der Waals surface area contributed by atoms with E-state index >= 15 is 0 Å². The number of benzene rings is 1. The van der Waals surface area contributed by atoms with Crippen LogP contribution in [0.15, 0.2) is 30.3 Å². The Morgan fingerprint density at radius 3 is 2.50 bits per heavy atom. The molecule has 0 spiro atoms. The van der Waals surface area contributed by atoms with Gasteiger partial charge in [-0.1, -0.05) is 37.3 Å². The third kappa shape index (κ3) is 2.63. The van der Waals surface area contributed by atoms with Gasteiger partial charge in [-0.15, -0.1) is 0 Å². The first kappa shape index (κ1) is 11.6. The van der Waals surface area contributed by atoms with Crippen LogP contribution in [0, 0.1) is 0 Å². The van der Waals surface area contributed by atoms with Crippen molar-refractivity contribution in [3.05, 3.63) is 35.9 Å². The van der Waals surface area contributed by atoms with Crippen molar-refractivity contribution in [1.29, 1.82) is 0 Å². The van der Waals surface area contributed by atoms with E-state index in [0.717, 1.165) is 24.8 Å². The van der Waals surface area contributed by atoms with E-state index in [4.69, 9.17) is 4.74 Å². The van der Waals surface area contributed by atoms with Crippen molar-refractivity contribution >= 4 is 0 Å². The molecule has 1 fully saturated rings. The van der Waals surface area contributed by atoms with E-state index in [2.05, 4.69) is 6.92 Å². The molecule has 2 nitrogen and oxygen atoms in total. The van der Waals surface area contributed by atoms with Gasteiger partial charge in [0.1, 0.15) is 6.10 Å². The molecule has 0 aliphatic heterocycles. The Hall–Kier alpha value is -0.860. The number of ether oxygens (including phenoxy) is 1. The molecule has 0 amide bonds. The molecule has 0 saturated heterocycles. The fraction of sp³-hybridized carbons (Fsp3) is 0.571. The SMILES string of the molecule is CCC(OC1CCC1)C(O)c1ccccc1. The van der Waals surface area contributed by atoms with Crippen molar-refractivity contribution in [2.24, 2.45) is 0 Å². The minimum Gasteiger partial charge on any atom is -0.386 e.